The summed E-state index contributed by atoms with van der Waals surface area (Å²) in [4.78, 5) is 11.8. The van der Waals surface area contributed by atoms with Crippen molar-refractivity contribution in [2.45, 2.75) is 26.3 Å². The second-order valence-electron chi connectivity index (χ2n) is 5.43. The van der Waals surface area contributed by atoms with Crippen molar-refractivity contribution in [3.63, 3.8) is 0 Å². The standard InChI is InChI=1S/C14H17FN4O/c1-14(2,3)19-9-12(8-16-19)18-13(20)17-11-6-4-5-10(15)7-11/h4-9H,1-3H3,(H2,17,18,20). The van der Waals surface area contributed by atoms with Crippen LogP contribution in [0.15, 0.2) is 36.7 Å². The van der Waals surface area contributed by atoms with Crippen LogP contribution in [0.1, 0.15) is 20.8 Å². The molecule has 2 N–H and O–H groups in total. The van der Waals surface area contributed by atoms with E-state index in [0.29, 0.717) is 11.4 Å². The SMILES string of the molecule is CC(C)(C)n1cc(NC(=O)Nc2cccc(F)c2)cn1. The Kier molecular flexibility index (Phi) is 3.74. The molecule has 0 aliphatic rings. The number of benzene rings is 1. The van der Waals surface area contributed by atoms with E-state index in [1.807, 2.05) is 20.8 Å². The highest BCUT2D eigenvalue weighted by atomic mass is 19.1. The molecule has 2 amide bonds. The summed E-state index contributed by atoms with van der Waals surface area (Å²) in [5.74, 6) is -0.400. The summed E-state index contributed by atoms with van der Waals surface area (Å²) in [6.07, 6.45) is 3.31. The summed E-state index contributed by atoms with van der Waals surface area (Å²) in [7, 11) is 0. The molecule has 0 radical (unpaired) electrons. The van der Waals surface area contributed by atoms with Crippen LogP contribution in [0.5, 0.6) is 0 Å². The third-order valence-corrected chi connectivity index (χ3v) is 2.61. The zero-order valence-corrected chi connectivity index (χ0v) is 11.6. The number of aromatic nitrogens is 2. The van der Waals surface area contributed by atoms with E-state index < -0.39 is 11.8 Å². The summed E-state index contributed by atoms with van der Waals surface area (Å²) in [6, 6.07) is 5.27. The molecule has 5 nitrogen and oxygen atoms in total. The van der Waals surface area contributed by atoms with Crippen molar-refractivity contribution >= 4 is 17.4 Å². The molecule has 2 rings (SSSR count). The molecule has 1 aromatic heterocycles. The molecule has 0 saturated heterocycles. The van der Waals surface area contributed by atoms with Gasteiger partial charge in [-0.1, -0.05) is 6.07 Å². The Bertz CT molecular complexity index is 616. The van der Waals surface area contributed by atoms with Gasteiger partial charge in [0.05, 0.1) is 17.4 Å². The van der Waals surface area contributed by atoms with E-state index in [4.69, 9.17) is 0 Å². The number of rotatable bonds is 2. The molecular formula is C14H17FN4O. The number of carbonyl (C=O) groups excluding carboxylic acids is 1. The predicted molar refractivity (Wildman–Crippen MR) is 76.3 cm³/mol. The highest BCUT2D eigenvalue weighted by Crippen LogP contribution is 2.16. The van der Waals surface area contributed by atoms with Crippen LogP contribution in [0.4, 0.5) is 20.6 Å². The number of carbonyl (C=O) groups is 1. The third kappa shape index (κ3) is 3.57. The van der Waals surface area contributed by atoms with Crippen molar-refractivity contribution < 1.29 is 9.18 Å². The van der Waals surface area contributed by atoms with E-state index in [9.17, 15) is 9.18 Å². The molecule has 0 atom stereocenters. The van der Waals surface area contributed by atoms with Gasteiger partial charge < -0.3 is 10.6 Å². The molecular weight excluding hydrogens is 259 g/mol. The molecule has 0 unspecified atom stereocenters. The van der Waals surface area contributed by atoms with E-state index >= 15 is 0 Å². The monoisotopic (exact) mass is 276 g/mol. The summed E-state index contributed by atoms with van der Waals surface area (Å²) in [5, 5.41) is 9.37. The van der Waals surface area contributed by atoms with Gasteiger partial charge in [0, 0.05) is 11.9 Å². The molecule has 0 saturated carbocycles. The summed E-state index contributed by atoms with van der Waals surface area (Å²) >= 11 is 0. The maximum Gasteiger partial charge on any atom is 0.323 e. The van der Waals surface area contributed by atoms with Crippen molar-refractivity contribution in [3.8, 4) is 0 Å². The fourth-order valence-corrected chi connectivity index (χ4v) is 1.61. The van der Waals surface area contributed by atoms with E-state index in [0.717, 1.165) is 0 Å². The second-order valence-corrected chi connectivity index (χ2v) is 5.43. The van der Waals surface area contributed by atoms with Crippen molar-refractivity contribution in [1.29, 1.82) is 0 Å². The van der Waals surface area contributed by atoms with Crippen LogP contribution in [0, 0.1) is 5.82 Å². The number of hydrogen-bond donors (Lipinski definition) is 2. The maximum atomic E-state index is 13.0. The van der Waals surface area contributed by atoms with Gasteiger partial charge in [-0.25, -0.2) is 9.18 Å². The van der Waals surface area contributed by atoms with Crippen LogP contribution >= 0.6 is 0 Å². The number of amides is 2. The minimum atomic E-state index is -0.441. The Morgan fingerprint density at radius 1 is 1.25 bits per heavy atom. The molecule has 0 aliphatic heterocycles. The molecule has 1 aromatic carbocycles. The lowest BCUT2D eigenvalue weighted by Crippen LogP contribution is -2.22. The van der Waals surface area contributed by atoms with Crippen LogP contribution in [0.25, 0.3) is 0 Å². The number of hydrogen-bond acceptors (Lipinski definition) is 2. The lowest BCUT2D eigenvalue weighted by Gasteiger charge is -2.18. The fraction of sp³-hybridized carbons (Fsp3) is 0.286. The Morgan fingerprint density at radius 2 is 1.95 bits per heavy atom. The van der Waals surface area contributed by atoms with Crippen molar-refractivity contribution in [2.24, 2.45) is 0 Å². The Labute approximate surface area is 116 Å². The quantitative estimate of drug-likeness (QED) is 0.883. The molecule has 106 valence electrons. The highest BCUT2D eigenvalue weighted by Gasteiger charge is 2.14. The van der Waals surface area contributed by atoms with Crippen LogP contribution in [-0.4, -0.2) is 15.8 Å². The predicted octanol–water partition coefficient (Wildman–Crippen LogP) is 3.42. The zero-order chi connectivity index (χ0) is 14.8. The van der Waals surface area contributed by atoms with Gasteiger partial charge in [0.15, 0.2) is 0 Å². The molecule has 2 aromatic rings. The molecule has 0 fully saturated rings. The minimum absolute atomic E-state index is 0.154. The normalized spacial score (nSPS) is 11.2. The molecule has 0 spiro atoms. The smallest absolute Gasteiger partial charge is 0.308 e. The molecule has 0 bridgehead atoms. The number of nitrogens with one attached hydrogen (secondary N) is 2. The first-order chi connectivity index (χ1) is 9.34. The first-order valence-electron chi connectivity index (χ1n) is 6.23. The fourth-order valence-electron chi connectivity index (χ4n) is 1.61. The number of nitrogens with zero attached hydrogens (tertiary/aromatic N) is 2. The van der Waals surface area contributed by atoms with Gasteiger partial charge in [-0.3, -0.25) is 4.68 Å². The maximum absolute atomic E-state index is 13.0. The molecule has 0 aliphatic carbocycles. The summed E-state index contributed by atoms with van der Waals surface area (Å²) in [6.45, 7) is 6.03. The van der Waals surface area contributed by atoms with Gasteiger partial charge in [0.2, 0.25) is 0 Å². The van der Waals surface area contributed by atoms with Crippen molar-refractivity contribution in [1.82, 2.24) is 9.78 Å². The van der Waals surface area contributed by atoms with Crippen molar-refractivity contribution in [2.75, 3.05) is 10.6 Å². The van der Waals surface area contributed by atoms with E-state index in [2.05, 4.69) is 15.7 Å². The van der Waals surface area contributed by atoms with E-state index in [-0.39, 0.29) is 5.54 Å². The molecule has 1 heterocycles. The van der Waals surface area contributed by atoms with Gasteiger partial charge in [0.25, 0.3) is 0 Å². The molecule has 20 heavy (non-hydrogen) atoms. The topological polar surface area (TPSA) is 59.0 Å². The number of anilines is 2. The average Bonchev–Trinajstić information content (AvgIpc) is 2.76. The van der Waals surface area contributed by atoms with Gasteiger partial charge in [-0.15, -0.1) is 0 Å². The first-order valence-corrected chi connectivity index (χ1v) is 6.23. The third-order valence-electron chi connectivity index (χ3n) is 2.61. The number of urea groups is 1. The van der Waals surface area contributed by atoms with Gasteiger partial charge in [-0.05, 0) is 39.0 Å². The van der Waals surface area contributed by atoms with Crippen LogP contribution in [0.2, 0.25) is 0 Å². The van der Waals surface area contributed by atoms with Gasteiger partial charge in [0.1, 0.15) is 5.82 Å². The van der Waals surface area contributed by atoms with Gasteiger partial charge in [-0.2, -0.15) is 5.10 Å². The zero-order valence-electron chi connectivity index (χ0n) is 11.6. The first kappa shape index (κ1) is 14.0. The Hall–Kier alpha value is -2.37. The second kappa shape index (κ2) is 5.32. The van der Waals surface area contributed by atoms with Crippen LogP contribution in [0.3, 0.4) is 0 Å². The highest BCUT2D eigenvalue weighted by molar-refractivity contribution is 5.99. The minimum Gasteiger partial charge on any atom is -0.308 e. The van der Waals surface area contributed by atoms with E-state index in [1.54, 1.807) is 23.1 Å². The lowest BCUT2D eigenvalue weighted by atomic mass is 10.1. The largest absolute Gasteiger partial charge is 0.323 e. The van der Waals surface area contributed by atoms with Crippen LogP contribution in [-0.2, 0) is 5.54 Å². The summed E-state index contributed by atoms with van der Waals surface area (Å²) in [5.41, 5.74) is 0.818. The summed E-state index contributed by atoms with van der Waals surface area (Å²) < 4.78 is 14.7. The Morgan fingerprint density at radius 3 is 2.55 bits per heavy atom. The van der Waals surface area contributed by atoms with Crippen LogP contribution < -0.4 is 10.6 Å². The average molecular weight is 276 g/mol. The van der Waals surface area contributed by atoms with E-state index in [1.165, 1.54) is 18.2 Å². The molecule has 6 heteroatoms. The van der Waals surface area contributed by atoms with Crippen molar-refractivity contribution in [3.05, 3.63) is 42.5 Å². The number of halogens is 1. The lowest BCUT2D eigenvalue weighted by molar-refractivity contribution is 0.262. The van der Waals surface area contributed by atoms with Gasteiger partial charge >= 0.3 is 6.03 Å². The Balaban J connectivity index is 2.00.